The normalized spacial score (nSPS) is 11.7. The van der Waals surface area contributed by atoms with Crippen LogP contribution < -0.4 is 0 Å². The summed E-state index contributed by atoms with van der Waals surface area (Å²) in [6, 6.07) is 63.1. The van der Waals surface area contributed by atoms with Crippen LogP contribution in [0.15, 0.2) is 170 Å². The molecule has 2 heterocycles. The fourth-order valence-corrected chi connectivity index (χ4v) is 8.42. The SMILES string of the molecule is Cc1ccc2c(c1)c1cc(C)ccc1n2-c1ccc(-c2cc(-c3ccccc3)cc(-c3ccc(-n4c5ccc(C)cc5c5cc(C)ccc54)cc3)c2)cc1. The summed E-state index contributed by atoms with van der Waals surface area (Å²) in [6.45, 7) is 8.69. The van der Waals surface area contributed by atoms with E-state index in [1.54, 1.807) is 0 Å². The zero-order chi connectivity index (χ0) is 36.5. The van der Waals surface area contributed by atoms with Gasteiger partial charge in [0.15, 0.2) is 0 Å². The summed E-state index contributed by atoms with van der Waals surface area (Å²) in [5.74, 6) is 0. The van der Waals surface area contributed by atoms with Crippen molar-refractivity contribution in [1.82, 2.24) is 9.13 Å². The van der Waals surface area contributed by atoms with Gasteiger partial charge in [-0.3, -0.25) is 0 Å². The molecule has 258 valence electrons. The van der Waals surface area contributed by atoms with E-state index in [-0.39, 0.29) is 0 Å². The van der Waals surface area contributed by atoms with Crippen molar-refractivity contribution in [3.8, 4) is 44.8 Å². The van der Waals surface area contributed by atoms with E-state index < -0.39 is 0 Å². The van der Waals surface area contributed by atoms with Crippen LogP contribution in [0.5, 0.6) is 0 Å². The second-order valence-electron chi connectivity index (χ2n) is 15.0. The third-order valence-electron chi connectivity index (χ3n) is 11.1. The minimum absolute atomic E-state index is 1.16. The summed E-state index contributed by atoms with van der Waals surface area (Å²) in [4.78, 5) is 0. The Morgan fingerprint density at radius 2 is 0.556 bits per heavy atom. The quantitative estimate of drug-likeness (QED) is 0.170. The van der Waals surface area contributed by atoms with Gasteiger partial charge in [-0.2, -0.15) is 0 Å². The molecule has 8 aromatic carbocycles. The standard InChI is InChI=1S/C52H40N2/c1-33-10-22-49-45(26-33)46-27-34(2)11-23-50(46)53(49)43-18-14-38(15-19-43)41-30-40(37-8-6-5-7-9-37)31-42(32-41)39-16-20-44(21-17-39)54-51-24-12-35(3)28-47(51)48-29-36(4)13-25-52(48)54/h5-32H,1-4H3. The summed E-state index contributed by atoms with van der Waals surface area (Å²) in [6.07, 6.45) is 0. The molecule has 0 amide bonds. The number of benzene rings is 8. The summed E-state index contributed by atoms with van der Waals surface area (Å²) < 4.78 is 4.81. The first kappa shape index (κ1) is 32.0. The third kappa shape index (κ3) is 5.33. The lowest BCUT2D eigenvalue weighted by atomic mass is 9.93. The number of hydrogen-bond donors (Lipinski definition) is 0. The molecule has 0 fully saturated rings. The van der Waals surface area contributed by atoms with E-state index in [1.165, 1.54) is 99.2 Å². The van der Waals surface area contributed by atoms with E-state index in [1.807, 2.05) is 0 Å². The molecule has 0 N–H and O–H groups in total. The fourth-order valence-electron chi connectivity index (χ4n) is 8.42. The van der Waals surface area contributed by atoms with Gasteiger partial charge in [0, 0.05) is 32.9 Å². The van der Waals surface area contributed by atoms with Gasteiger partial charge in [-0.1, -0.05) is 101 Å². The summed E-state index contributed by atoms with van der Waals surface area (Å²) >= 11 is 0. The molecule has 0 saturated heterocycles. The average molecular weight is 693 g/mol. The first-order valence-corrected chi connectivity index (χ1v) is 18.8. The van der Waals surface area contributed by atoms with Crippen LogP contribution in [-0.2, 0) is 0 Å². The fraction of sp³-hybridized carbons (Fsp3) is 0.0769. The van der Waals surface area contributed by atoms with Gasteiger partial charge in [0.2, 0.25) is 0 Å². The van der Waals surface area contributed by atoms with Crippen molar-refractivity contribution in [2.75, 3.05) is 0 Å². The lowest BCUT2D eigenvalue weighted by Gasteiger charge is -2.14. The highest BCUT2D eigenvalue weighted by molar-refractivity contribution is 6.10. The molecular weight excluding hydrogens is 653 g/mol. The predicted octanol–water partition coefficient (Wildman–Crippen LogP) is 14.1. The van der Waals surface area contributed by atoms with Crippen molar-refractivity contribution in [3.63, 3.8) is 0 Å². The average Bonchev–Trinajstić information content (AvgIpc) is 3.69. The molecule has 0 saturated carbocycles. The first-order valence-electron chi connectivity index (χ1n) is 18.8. The van der Waals surface area contributed by atoms with Crippen LogP contribution in [0.4, 0.5) is 0 Å². The van der Waals surface area contributed by atoms with Crippen LogP contribution in [0.2, 0.25) is 0 Å². The zero-order valence-electron chi connectivity index (χ0n) is 31.1. The smallest absolute Gasteiger partial charge is 0.0541 e. The summed E-state index contributed by atoms with van der Waals surface area (Å²) in [7, 11) is 0. The van der Waals surface area contributed by atoms with Crippen molar-refractivity contribution in [2.45, 2.75) is 27.7 Å². The van der Waals surface area contributed by atoms with Crippen LogP contribution in [0, 0.1) is 27.7 Å². The van der Waals surface area contributed by atoms with Crippen molar-refractivity contribution in [3.05, 3.63) is 192 Å². The molecule has 0 aliphatic rings. The van der Waals surface area contributed by atoms with E-state index >= 15 is 0 Å². The number of fused-ring (bicyclic) bond motifs is 6. The highest BCUT2D eigenvalue weighted by Crippen LogP contribution is 2.38. The largest absolute Gasteiger partial charge is 0.309 e. The van der Waals surface area contributed by atoms with Crippen molar-refractivity contribution in [1.29, 1.82) is 0 Å². The highest BCUT2D eigenvalue weighted by atomic mass is 15.0. The van der Waals surface area contributed by atoms with E-state index in [2.05, 4.69) is 207 Å². The molecule has 0 aliphatic heterocycles. The molecule has 0 unspecified atom stereocenters. The van der Waals surface area contributed by atoms with Gasteiger partial charge in [0.1, 0.15) is 0 Å². The Kier molecular flexibility index (Phi) is 7.42. The zero-order valence-corrected chi connectivity index (χ0v) is 31.1. The van der Waals surface area contributed by atoms with Gasteiger partial charge in [-0.15, -0.1) is 0 Å². The van der Waals surface area contributed by atoms with E-state index in [0.29, 0.717) is 0 Å². The Labute approximate surface area is 316 Å². The van der Waals surface area contributed by atoms with Crippen LogP contribution in [0.1, 0.15) is 22.3 Å². The molecule has 2 nitrogen and oxygen atoms in total. The minimum Gasteiger partial charge on any atom is -0.309 e. The molecule has 2 heteroatoms. The molecule has 0 bridgehead atoms. The molecule has 10 aromatic rings. The molecule has 2 aromatic heterocycles. The monoisotopic (exact) mass is 692 g/mol. The Hall–Kier alpha value is -6.64. The van der Waals surface area contributed by atoms with Crippen LogP contribution in [-0.4, -0.2) is 9.13 Å². The second kappa shape index (κ2) is 12.5. The van der Waals surface area contributed by atoms with E-state index in [9.17, 15) is 0 Å². The maximum Gasteiger partial charge on any atom is 0.0541 e. The lowest BCUT2D eigenvalue weighted by Crippen LogP contribution is -1.94. The van der Waals surface area contributed by atoms with Gasteiger partial charge < -0.3 is 9.13 Å². The highest BCUT2D eigenvalue weighted by Gasteiger charge is 2.16. The Morgan fingerprint density at radius 1 is 0.259 bits per heavy atom. The molecule has 0 aliphatic carbocycles. The topological polar surface area (TPSA) is 9.86 Å². The molecule has 54 heavy (non-hydrogen) atoms. The number of aromatic nitrogens is 2. The van der Waals surface area contributed by atoms with Crippen LogP contribution in [0.3, 0.4) is 0 Å². The molecular formula is C52H40N2. The Morgan fingerprint density at radius 3 is 0.870 bits per heavy atom. The van der Waals surface area contributed by atoms with Crippen molar-refractivity contribution >= 4 is 43.6 Å². The van der Waals surface area contributed by atoms with Gasteiger partial charge >= 0.3 is 0 Å². The van der Waals surface area contributed by atoms with Crippen LogP contribution >= 0.6 is 0 Å². The molecule has 0 radical (unpaired) electrons. The van der Waals surface area contributed by atoms with Crippen molar-refractivity contribution in [2.24, 2.45) is 0 Å². The first-order chi connectivity index (χ1) is 26.4. The lowest BCUT2D eigenvalue weighted by molar-refractivity contribution is 1.18. The van der Waals surface area contributed by atoms with Gasteiger partial charge in [-0.25, -0.2) is 0 Å². The van der Waals surface area contributed by atoms with E-state index in [0.717, 1.165) is 11.4 Å². The Bertz CT molecular complexity index is 2740. The molecule has 0 atom stereocenters. The number of aryl methyl sites for hydroxylation is 4. The molecule has 0 spiro atoms. The molecule has 10 rings (SSSR count). The second-order valence-corrected chi connectivity index (χ2v) is 15.0. The number of hydrogen-bond acceptors (Lipinski definition) is 0. The number of nitrogens with zero attached hydrogens (tertiary/aromatic N) is 2. The predicted molar refractivity (Wildman–Crippen MR) is 230 cm³/mol. The summed E-state index contributed by atoms with van der Waals surface area (Å²) in [5, 5.41) is 5.19. The summed E-state index contributed by atoms with van der Waals surface area (Å²) in [5.41, 5.74) is 19.6. The maximum absolute atomic E-state index is 2.40. The minimum atomic E-state index is 1.16. The van der Waals surface area contributed by atoms with Crippen LogP contribution in [0.25, 0.3) is 88.4 Å². The Balaban J connectivity index is 1.07. The maximum atomic E-state index is 2.40. The third-order valence-corrected chi connectivity index (χ3v) is 11.1. The van der Waals surface area contributed by atoms with Crippen molar-refractivity contribution < 1.29 is 0 Å². The van der Waals surface area contributed by atoms with E-state index in [4.69, 9.17) is 0 Å². The van der Waals surface area contributed by atoms with Gasteiger partial charge in [0.25, 0.3) is 0 Å². The van der Waals surface area contributed by atoms with Gasteiger partial charge in [0.05, 0.1) is 22.1 Å². The van der Waals surface area contributed by atoms with Gasteiger partial charge in [-0.05, 0) is 152 Å². The number of rotatable bonds is 5.